The number of hydrogen-bond donors (Lipinski definition) is 2. The Hall–Kier alpha value is -1.06. The van der Waals surface area contributed by atoms with Gasteiger partial charge in [-0.1, -0.05) is 49.6 Å². The molecule has 0 heterocycles. The van der Waals surface area contributed by atoms with Gasteiger partial charge in [0, 0.05) is 17.5 Å². The monoisotopic (exact) mass is 308 g/mol. The van der Waals surface area contributed by atoms with E-state index in [1.165, 1.54) is 12.8 Å². The van der Waals surface area contributed by atoms with E-state index in [4.69, 9.17) is 11.6 Å². The topological polar surface area (TPSA) is 41.1 Å². The zero-order valence-corrected chi connectivity index (χ0v) is 13.6. The number of carbonyl (C=O) groups excluding carboxylic acids is 1. The Kier molecular flexibility index (Phi) is 6.07. The second kappa shape index (κ2) is 7.81. The van der Waals surface area contributed by atoms with Crippen molar-refractivity contribution < 1.29 is 4.79 Å². The SMILES string of the molecule is CNC(CNC(=O)C1CCCC(C)C1)c1ccccc1Cl. The molecule has 0 saturated heterocycles. The molecular formula is C17H25ClN2O. The number of benzene rings is 1. The Labute approximate surface area is 132 Å². The first-order valence-electron chi connectivity index (χ1n) is 7.81. The van der Waals surface area contributed by atoms with Crippen molar-refractivity contribution in [2.75, 3.05) is 13.6 Å². The lowest BCUT2D eigenvalue weighted by atomic mass is 9.82. The Bertz CT molecular complexity index is 478. The average molecular weight is 309 g/mol. The highest BCUT2D eigenvalue weighted by molar-refractivity contribution is 6.31. The minimum absolute atomic E-state index is 0.0451. The molecule has 1 amide bonds. The molecule has 0 aliphatic heterocycles. The Morgan fingerprint density at radius 3 is 2.81 bits per heavy atom. The third-order valence-electron chi connectivity index (χ3n) is 4.42. The van der Waals surface area contributed by atoms with Gasteiger partial charge in [0.2, 0.25) is 5.91 Å². The maximum atomic E-state index is 12.3. The number of hydrogen-bond acceptors (Lipinski definition) is 2. The molecule has 0 radical (unpaired) electrons. The van der Waals surface area contributed by atoms with Crippen molar-refractivity contribution in [1.82, 2.24) is 10.6 Å². The van der Waals surface area contributed by atoms with Crippen molar-refractivity contribution in [1.29, 1.82) is 0 Å². The van der Waals surface area contributed by atoms with E-state index in [1.54, 1.807) is 0 Å². The van der Waals surface area contributed by atoms with Crippen LogP contribution in [0.4, 0.5) is 0 Å². The normalized spacial score (nSPS) is 23.6. The van der Waals surface area contributed by atoms with Crippen LogP contribution < -0.4 is 10.6 Å². The molecule has 21 heavy (non-hydrogen) atoms. The molecule has 1 fully saturated rings. The largest absolute Gasteiger partial charge is 0.354 e. The van der Waals surface area contributed by atoms with Crippen LogP contribution in [0.5, 0.6) is 0 Å². The standard InChI is InChI=1S/C17H25ClN2O/c1-12-6-5-7-13(10-12)17(21)20-11-16(19-2)14-8-3-4-9-15(14)18/h3-4,8-9,12-13,16,19H,5-7,10-11H2,1-2H3,(H,20,21). The van der Waals surface area contributed by atoms with Gasteiger partial charge in [-0.2, -0.15) is 0 Å². The van der Waals surface area contributed by atoms with Gasteiger partial charge in [-0.3, -0.25) is 4.79 Å². The summed E-state index contributed by atoms with van der Waals surface area (Å²) in [5, 5.41) is 7.05. The van der Waals surface area contributed by atoms with Gasteiger partial charge in [0.15, 0.2) is 0 Å². The summed E-state index contributed by atoms with van der Waals surface area (Å²) in [6.45, 7) is 2.81. The van der Waals surface area contributed by atoms with Crippen LogP contribution >= 0.6 is 11.6 Å². The average Bonchev–Trinajstić information content (AvgIpc) is 2.49. The number of halogens is 1. The maximum Gasteiger partial charge on any atom is 0.223 e. The van der Waals surface area contributed by atoms with Crippen LogP contribution in [-0.2, 0) is 4.79 Å². The van der Waals surface area contributed by atoms with E-state index >= 15 is 0 Å². The number of likely N-dealkylation sites (N-methyl/N-ethyl adjacent to an activating group) is 1. The molecule has 0 aromatic heterocycles. The molecule has 1 aliphatic rings. The van der Waals surface area contributed by atoms with Crippen LogP contribution in [0.2, 0.25) is 5.02 Å². The van der Waals surface area contributed by atoms with Crippen LogP contribution in [0.3, 0.4) is 0 Å². The Morgan fingerprint density at radius 1 is 1.38 bits per heavy atom. The van der Waals surface area contributed by atoms with Crippen LogP contribution in [0.25, 0.3) is 0 Å². The summed E-state index contributed by atoms with van der Waals surface area (Å²) in [5.74, 6) is 1.03. The quantitative estimate of drug-likeness (QED) is 0.873. The predicted octanol–water partition coefficient (Wildman–Crippen LogP) is 3.54. The number of carbonyl (C=O) groups is 1. The van der Waals surface area contributed by atoms with E-state index in [9.17, 15) is 4.79 Å². The van der Waals surface area contributed by atoms with Crippen molar-refractivity contribution in [3.63, 3.8) is 0 Å². The molecule has 2 N–H and O–H groups in total. The molecule has 0 spiro atoms. The van der Waals surface area contributed by atoms with Crippen molar-refractivity contribution in [3.8, 4) is 0 Å². The minimum Gasteiger partial charge on any atom is -0.354 e. The molecule has 1 aromatic carbocycles. The lowest BCUT2D eigenvalue weighted by Gasteiger charge is -2.27. The molecule has 0 bridgehead atoms. The Morgan fingerprint density at radius 2 is 2.14 bits per heavy atom. The van der Waals surface area contributed by atoms with Crippen molar-refractivity contribution in [3.05, 3.63) is 34.9 Å². The summed E-state index contributed by atoms with van der Waals surface area (Å²) in [6.07, 6.45) is 4.45. The van der Waals surface area contributed by atoms with Crippen LogP contribution in [0.15, 0.2) is 24.3 Å². The number of nitrogens with one attached hydrogen (secondary N) is 2. The van der Waals surface area contributed by atoms with Crippen molar-refractivity contribution in [2.24, 2.45) is 11.8 Å². The van der Waals surface area contributed by atoms with Gasteiger partial charge >= 0.3 is 0 Å². The van der Waals surface area contributed by atoms with E-state index in [2.05, 4.69) is 17.6 Å². The van der Waals surface area contributed by atoms with Crippen molar-refractivity contribution >= 4 is 17.5 Å². The predicted molar refractivity (Wildman–Crippen MR) is 87.4 cm³/mol. The van der Waals surface area contributed by atoms with E-state index in [0.29, 0.717) is 12.5 Å². The Balaban J connectivity index is 1.91. The lowest BCUT2D eigenvalue weighted by molar-refractivity contribution is -0.126. The van der Waals surface area contributed by atoms with Gasteiger partial charge in [0.05, 0.1) is 6.04 Å². The molecule has 2 rings (SSSR count). The van der Waals surface area contributed by atoms with E-state index < -0.39 is 0 Å². The molecule has 3 unspecified atom stereocenters. The van der Waals surface area contributed by atoms with Gasteiger partial charge in [-0.25, -0.2) is 0 Å². The van der Waals surface area contributed by atoms with Crippen LogP contribution in [0, 0.1) is 11.8 Å². The first-order valence-corrected chi connectivity index (χ1v) is 8.19. The second-order valence-electron chi connectivity index (χ2n) is 6.08. The zero-order valence-electron chi connectivity index (χ0n) is 12.9. The summed E-state index contributed by atoms with van der Waals surface area (Å²) in [6, 6.07) is 7.81. The van der Waals surface area contributed by atoms with Crippen molar-refractivity contribution in [2.45, 2.75) is 38.6 Å². The van der Waals surface area contributed by atoms with Crippen LogP contribution in [0.1, 0.15) is 44.2 Å². The molecule has 1 saturated carbocycles. The second-order valence-corrected chi connectivity index (χ2v) is 6.48. The summed E-state index contributed by atoms with van der Waals surface area (Å²) in [5.41, 5.74) is 1.03. The summed E-state index contributed by atoms with van der Waals surface area (Å²) < 4.78 is 0. The zero-order chi connectivity index (χ0) is 15.2. The highest BCUT2D eigenvalue weighted by Crippen LogP contribution is 2.29. The molecular weight excluding hydrogens is 284 g/mol. The van der Waals surface area contributed by atoms with E-state index in [0.717, 1.165) is 23.4 Å². The molecule has 3 nitrogen and oxygen atoms in total. The molecule has 1 aliphatic carbocycles. The summed E-state index contributed by atoms with van der Waals surface area (Å²) >= 11 is 6.23. The van der Waals surface area contributed by atoms with Crippen LogP contribution in [-0.4, -0.2) is 19.5 Å². The summed E-state index contributed by atoms with van der Waals surface area (Å²) in [7, 11) is 1.89. The number of rotatable bonds is 5. The smallest absolute Gasteiger partial charge is 0.223 e. The van der Waals surface area contributed by atoms with E-state index in [1.807, 2.05) is 31.3 Å². The highest BCUT2D eigenvalue weighted by Gasteiger charge is 2.25. The van der Waals surface area contributed by atoms with Gasteiger partial charge < -0.3 is 10.6 Å². The first kappa shape index (κ1) is 16.3. The molecule has 3 atom stereocenters. The first-order chi connectivity index (χ1) is 10.1. The summed E-state index contributed by atoms with van der Waals surface area (Å²) in [4.78, 5) is 12.3. The van der Waals surface area contributed by atoms with Gasteiger partial charge in [0.25, 0.3) is 0 Å². The maximum absolute atomic E-state index is 12.3. The minimum atomic E-state index is 0.0451. The number of amides is 1. The van der Waals surface area contributed by atoms with Gasteiger partial charge in [-0.15, -0.1) is 0 Å². The van der Waals surface area contributed by atoms with E-state index in [-0.39, 0.29) is 17.9 Å². The molecule has 116 valence electrons. The third kappa shape index (κ3) is 4.45. The fraction of sp³-hybridized carbons (Fsp3) is 0.588. The van der Waals surface area contributed by atoms with Gasteiger partial charge in [-0.05, 0) is 37.4 Å². The van der Waals surface area contributed by atoms with Gasteiger partial charge in [0.1, 0.15) is 0 Å². The third-order valence-corrected chi connectivity index (χ3v) is 4.76. The highest BCUT2D eigenvalue weighted by atomic mass is 35.5. The lowest BCUT2D eigenvalue weighted by Crippen LogP contribution is -2.38. The fourth-order valence-corrected chi connectivity index (χ4v) is 3.41. The fourth-order valence-electron chi connectivity index (χ4n) is 3.14. The molecule has 4 heteroatoms. The molecule has 1 aromatic rings.